The second-order valence-corrected chi connectivity index (χ2v) is 6.43. The second kappa shape index (κ2) is 5.87. The van der Waals surface area contributed by atoms with Crippen molar-refractivity contribution in [1.82, 2.24) is 10.3 Å². The van der Waals surface area contributed by atoms with E-state index in [-0.39, 0.29) is 0 Å². The van der Waals surface area contributed by atoms with E-state index in [9.17, 15) is 0 Å². The van der Waals surface area contributed by atoms with Crippen molar-refractivity contribution in [2.24, 2.45) is 0 Å². The van der Waals surface area contributed by atoms with E-state index in [4.69, 9.17) is 0 Å². The van der Waals surface area contributed by atoms with E-state index in [1.54, 1.807) is 0 Å². The first-order chi connectivity index (χ1) is 7.34. The molecular formula is C11H18N2S2. The average Bonchev–Trinajstić information content (AvgIpc) is 2.66. The molecule has 2 nitrogen and oxygen atoms in total. The summed E-state index contributed by atoms with van der Waals surface area (Å²) in [7, 11) is 0. The molecule has 84 valence electrons. The van der Waals surface area contributed by atoms with Crippen molar-refractivity contribution in [1.29, 1.82) is 0 Å². The molecule has 0 aliphatic carbocycles. The highest BCUT2D eigenvalue weighted by Gasteiger charge is 2.12. The fraction of sp³-hybridized carbons (Fsp3) is 0.727. The molecule has 0 aromatic carbocycles. The van der Waals surface area contributed by atoms with E-state index in [0.29, 0.717) is 0 Å². The standard InChI is InChI=1S/C11H18N2S2/c1-9-13-7-11(15-9)4-5-12-10-3-2-6-14-8-10/h7,10,12H,2-6,8H2,1H3. The molecule has 1 N–H and O–H groups in total. The van der Waals surface area contributed by atoms with Crippen LogP contribution in [0.5, 0.6) is 0 Å². The van der Waals surface area contributed by atoms with Crippen LogP contribution in [0.4, 0.5) is 0 Å². The third kappa shape index (κ3) is 3.78. The molecule has 4 heteroatoms. The van der Waals surface area contributed by atoms with Gasteiger partial charge in [0.25, 0.3) is 0 Å². The van der Waals surface area contributed by atoms with Crippen LogP contribution in [0, 0.1) is 6.92 Å². The molecule has 0 amide bonds. The molecule has 0 saturated carbocycles. The minimum Gasteiger partial charge on any atom is -0.313 e. The lowest BCUT2D eigenvalue weighted by atomic mass is 10.2. The van der Waals surface area contributed by atoms with Crippen molar-refractivity contribution in [3.05, 3.63) is 16.1 Å². The Balaban J connectivity index is 1.65. The summed E-state index contributed by atoms with van der Waals surface area (Å²) in [4.78, 5) is 5.67. The van der Waals surface area contributed by atoms with Gasteiger partial charge in [0.1, 0.15) is 0 Å². The Hall–Kier alpha value is -0.0600. The van der Waals surface area contributed by atoms with E-state index < -0.39 is 0 Å². The van der Waals surface area contributed by atoms with E-state index in [1.807, 2.05) is 17.5 Å². The van der Waals surface area contributed by atoms with Crippen molar-refractivity contribution in [2.75, 3.05) is 18.1 Å². The minimum atomic E-state index is 0.748. The Kier molecular flexibility index (Phi) is 4.47. The van der Waals surface area contributed by atoms with Gasteiger partial charge >= 0.3 is 0 Å². The summed E-state index contributed by atoms with van der Waals surface area (Å²) in [5.74, 6) is 2.65. The summed E-state index contributed by atoms with van der Waals surface area (Å²) in [5, 5.41) is 4.82. The van der Waals surface area contributed by atoms with Crippen LogP contribution in [0.15, 0.2) is 6.20 Å². The predicted molar refractivity (Wildman–Crippen MR) is 68.9 cm³/mol. The number of hydrogen-bond acceptors (Lipinski definition) is 4. The molecule has 1 unspecified atom stereocenters. The van der Waals surface area contributed by atoms with Gasteiger partial charge in [-0.25, -0.2) is 4.98 Å². The highest BCUT2D eigenvalue weighted by atomic mass is 32.2. The van der Waals surface area contributed by atoms with Crippen LogP contribution in [0.1, 0.15) is 22.7 Å². The number of rotatable bonds is 4. The number of aryl methyl sites for hydroxylation is 1. The number of hydrogen-bond donors (Lipinski definition) is 1. The molecule has 1 aromatic heterocycles. The van der Waals surface area contributed by atoms with Gasteiger partial charge in [0.2, 0.25) is 0 Å². The van der Waals surface area contributed by atoms with E-state index in [0.717, 1.165) is 19.0 Å². The summed E-state index contributed by atoms with van der Waals surface area (Å²) in [6, 6.07) is 0.748. The fourth-order valence-corrected chi connectivity index (χ4v) is 3.72. The van der Waals surface area contributed by atoms with Gasteiger partial charge in [-0.15, -0.1) is 11.3 Å². The molecule has 1 atom stereocenters. The topological polar surface area (TPSA) is 24.9 Å². The minimum absolute atomic E-state index is 0.748. The smallest absolute Gasteiger partial charge is 0.0896 e. The molecule has 1 saturated heterocycles. The Bertz CT molecular complexity index is 293. The number of thioether (sulfide) groups is 1. The number of thiazole rings is 1. The summed E-state index contributed by atoms with van der Waals surface area (Å²) in [6.45, 7) is 3.17. The maximum Gasteiger partial charge on any atom is 0.0896 e. The van der Waals surface area contributed by atoms with Crippen LogP contribution in [-0.2, 0) is 6.42 Å². The van der Waals surface area contributed by atoms with Crippen LogP contribution in [-0.4, -0.2) is 29.1 Å². The zero-order chi connectivity index (χ0) is 10.5. The van der Waals surface area contributed by atoms with Crippen LogP contribution in [0.3, 0.4) is 0 Å². The lowest BCUT2D eigenvalue weighted by Gasteiger charge is -2.22. The summed E-state index contributed by atoms with van der Waals surface area (Å²) in [6.07, 6.45) is 5.88. The SMILES string of the molecule is Cc1ncc(CCNC2CCCSC2)s1. The fourth-order valence-electron chi connectivity index (χ4n) is 1.82. The van der Waals surface area contributed by atoms with E-state index in [1.165, 1.54) is 34.2 Å². The normalized spacial score (nSPS) is 21.8. The zero-order valence-electron chi connectivity index (χ0n) is 9.16. The van der Waals surface area contributed by atoms with Gasteiger partial charge in [-0.2, -0.15) is 11.8 Å². The number of aromatic nitrogens is 1. The van der Waals surface area contributed by atoms with Gasteiger partial charge < -0.3 is 5.32 Å². The largest absolute Gasteiger partial charge is 0.313 e. The highest BCUT2D eigenvalue weighted by Crippen LogP contribution is 2.17. The van der Waals surface area contributed by atoms with E-state index in [2.05, 4.69) is 29.0 Å². The lowest BCUT2D eigenvalue weighted by Crippen LogP contribution is -2.34. The summed E-state index contributed by atoms with van der Waals surface area (Å²) < 4.78 is 0. The lowest BCUT2D eigenvalue weighted by molar-refractivity contribution is 0.512. The van der Waals surface area contributed by atoms with Crippen molar-refractivity contribution in [3.63, 3.8) is 0 Å². The van der Waals surface area contributed by atoms with Crippen molar-refractivity contribution < 1.29 is 0 Å². The molecule has 2 rings (SSSR count). The average molecular weight is 242 g/mol. The molecule has 15 heavy (non-hydrogen) atoms. The predicted octanol–water partition coefficient (Wildman–Crippen LogP) is 2.48. The van der Waals surface area contributed by atoms with Gasteiger partial charge in [-0.1, -0.05) is 0 Å². The monoisotopic (exact) mass is 242 g/mol. The Morgan fingerprint density at radius 3 is 3.20 bits per heavy atom. The first kappa shape index (κ1) is 11.4. The number of nitrogens with zero attached hydrogens (tertiary/aromatic N) is 1. The molecule has 1 aromatic rings. The third-order valence-electron chi connectivity index (χ3n) is 2.63. The van der Waals surface area contributed by atoms with Gasteiger partial charge in [0, 0.05) is 29.4 Å². The molecule has 0 spiro atoms. The first-order valence-corrected chi connectivity index (χ1v) is 7.54. The molecule has 1 aliphatic rings. The number of nitrogens with one attached hydrogen (secondary N) is 1. The molecule has 1 fully saturated rings. The Labute approximate surface area is 99.9 Å². The molecular weight excluding hydrogens is 224 g/mol. The quantitative estimate of drug-likeness (QED) is 0.878. The van der Waals surface area contributed by atoms with Crippen molar-refractivity contribution in [3.8, 4) is 0 Å². The first-order valence-electron chi connectivity index (χ1n) is 5.57. The van der Waals surface area contributed by atoms with Crippen LogP contribution >= 0.6 is 23.1 Å². The maximum absolute atomic E-state index is 4.27. The van der Waals surface area contributed by atoms with E-state index >= 15 is 0 Å². The zero-order valence-corrected chi connectivity index (χ0v) is 10.8. The maximum atomic E-state index is 4.27. The second-order valence-electron chi connectivity index (χ2n) is 3.96. The van der Waals surface area contributed by atoms with Crippen molar-refractivity contribution >= 4 is 23.1 Å². The Morgan fingerprint density at radius 1 is 1.60 bits per heavy atom. The van der Waals surface area contributed by atoms with Crippen molar-refractivity contribution in [2.45, 2.75) is 32.2 Å². The van der Waals surface area contributed by atoms with Crippen LogP contribution < -0.4 is 5.32 Å². The summed E-state index contributed by atoms with van der Waals surface area (Å²) in [5.41, 5.74) is 0. The molecule has 0 radical (unpaired) electrons. The Morgan fingerprint density at radius 2 is 2.53 bits per heavy atom. The summed E-state index contributed by atoms with van der Waals surface area (Å²) >= 11 is 3.90. The van der Waals surface area contributed by atoms with Gasteiger partial charge in [-0.3, -0.25) is 0 Å². The van der Waals surface area contributed by atoms with Crippen LogP contribution in [0.2, 0.25) is 0 Å². The molecule has 1 aliphatic heterocycles. The highest BCUT2D eigenvalue weighted by molar-refractivity contribution is 7.99. The van der Waals surface area contributed by atoms with Crippen LogP contribution in [0.25, 0.3) is 0 Å². The third-order valence-corrected chi connectivity index (χ3v) is 4.82. The molecule has 0 bridgehead atoms. The van der Waals surface area contributed by atoms with Gasteiger partial charge in [0.05, 0.1) is 5.01 Å². The van der Waals surface area contributed by atoms with Gasteiger partial charge in [-0.05, 0) is 31.9 Å². The molecule has 2 heterocycles. The van der Waals surface area contributed by atoms with Gasteiger partial charge in [0.15, 0.2) is 0 Å².